The molecule has 1 fully saturated rings. The van der Waals surface area contributed by atoms with Gasteiger partial charge in [0.1, 0.15) is 0 Å². The zero-order chi connectivity index (χ0) is 11.0. The Morgan fingerprint density at radius 3 is 2.21 bits per heavy atom. The average molecular weight is 196 g/mol. The fraction of sp³-hybridized carbons (Fsp3) is 0.727. The maximum atomic E-state index is 7.38. The van der Waals surface area contributed by atoms with E-state index >= 15 is 0 Å². The van der Waals surface area contributed by atoms with E-state index in [0.29, 0.717) is 23.4 Å². The Hall–Kier alpha value is -0.990. The zero-order valence-electron chi connectivity index (χ0n) is 9.42. The van der Waals surface area contributed by atoms with Gasteiger partial charge in [-0.15, -0.1) is 0 Å². The van der Waals surface area contributed by atoms with Crippen LogP contribution in [0.15, 0.2) is 12.3 Å². The van der Waals surface area contributed by atoms with Crippen molar-refractivity contribution in [2.45, 2.75) is 27.7 Å². The first-order valence-electron chi connectivity index (χ1n) is 4.93. The Bertz CT molecular complexity index is 252. The molecule has 0 bridgehead atoms. The van der Waals surface area contributed by atoms with E-state index in [0.717, 1.165) is 0 Å². The normalized spacial score (nSPS) is 23.7. The van der Waals surface area contributed by atoms with Gasteiger partial charge in [-0.1, -0.05) is 27.7 Å². The molecule has 0 unspecified atom stereocenters. The van der Waals surface area contributed by atoms with Crippen LogP contribution in [-0.4, -0.2) is 12.5 Å². The van der Waals surface area contributed by atoms with E-state index < -0.39 is 0 Å². The second kappa shape index (κ2) is 3.30. The highest BCUT2D eigenvalue weighted by Crippen LogP contribution is 2.68. The highest BCUT2D eigenvalue weighted by Gasteiger charge is 2.64. The summed E-state index contributed by atoms with van der Waals surface area (Å²) in [5.41, 5.74) is 5.79. The van der Waals surface area contributed by atoms with Gasteiger partial charge in [0, 0.05) is 12.0 Å². The van der Waals surface area contributed by atoms with Crippen LogP contribution in [0.4, 0.5) is 0 Å². The van der Waals surface area contributed by atoms with Gasteiger partial charge in [-0.05, 0) is 17.0 Å². The van der Waals surface area contributed by atoms with Gasteiger partial charge < -0.3 is 10.5 Å². The number of hydrogen-bond donors (Lipinski definition) is 2. The topological polar surface area (TPSA) is 59.1 Å². The molecule has 0 atom stereocenters. The first-order chi connectivity index (χ1) is 6.34. The first-order valence-corrected chi connectivity index (χ1v) is 4.93. The smallest absolute Gasteiger partial charge is 0.207 e. The summed E-state index contributed by atoms with van der Waals surface area (Å²) >= 11 is 0. The summed E-state index contributed by atoms with van der Waals surface area (Å²) in [6, 6.07) is 0. The van der Waals surface area contributed by atoms with E-state index in [2.05, 4.69) is 27.7 Å². The standard InChI is InChI=1S/C11H20N2O/c1-10(2)8(11(10,3)4)7-14-9(13)5-6-12/h5-6,8,13H,7,12H2,1-4H3/b6-5-,13-9?. The molecule has 0 spiro atoms. The zero-order valence-corrected chi connectivity index (χ0v) is 9.42. The molecule has 0 aromatic carbocycles. The van der Waals surface area contributed by atoms with E-state index in [-0.39, 0.29) is 5.90 Å². The van der Waals surface area contributed by atoms with Crippen LogP contribution in [0.3, 0.4) is 0 Å². The van der Waals surface area contributed by atoms with Crippen molar-refractivity contribution < 1.29 is 4.74 Å². The predicted molar refractivity (Wildman–Crippen MR) is 58.1 cm³/mol. The molecule has 0 amide bonds. The van der Waals surface area contributed by atoms with Gasteiger partial charge in [-0.25, -0.2) is 0 Å². The van der Waals surface area contributed by atoms with Crippen LogP contribution in [0.2, 0.25) is 0 Å². The molecular weight excluding hydrogens is 176 g/mol. The third-order valence-corrected chi connectivity index (χ3v) is 3.97. The van der Waals surface area contributed by atoms with Crippen molar-refractivity contribution in [3.05, 3.63) is 12.3 Å². The van der Waals surface area contributed by atoms with E-state index in [1.54, 1.807) is 0 Å². The van der Waals surface area contributed by atoms with Crippen LogP contribution in [-0.2, 0) is 4.74 Å². The Kier molecular flexibility index (Phi) is 2.61. The molecule has 0 radical (unpaired) electrons. The third kappa shape index (κ3) is 1.63. The summed E-state index contributed by atoms with van der Waals surface area (Å²) in [6.07, 6.45) is 2.79. The van der Waals surface area contributed by atoms with Gasteiger partial charge in [-0.3, -0.25) is 5.41 Å². The summed E-state index contributed by atoms with van der Waals surface area (Å²) < 4.78 is 5.29. The van der Waals surface area contributed by atoms with Crippen LogP contribution in [0.5, 0.6) is 0 Å². The molecule has 0 heterocycles. The maximum Gasteiger partial charge on any atom is 0.207 e. The molecule has 14 heavy (non-hydrogen) atoms. The van der Waals surface area contributed by atoms with Crippen LogP contribution < -0.4 is 5.73 Å². The number of hydrogen-bond acceptors (Lipinski definition) is 3. The summed E-state index contributed by atoms with van der Waals surface area (Å²) in [5.74, 6) is 0.674. The Labute approximate surface area is 85.8 Å². The molecule has 0 aliphatic heterocycles. The quantitative estimate of drug-likeness (QED) is 0.536. The van der Waals surface area contributed by atoms with Gasteiger partial charge in [-0.2, -0.15) is 0 Å². The summed E-state index contributed by atoms with van der Waals surface area (Å²) in [5, 5.41) is 7.38. The Balaban J connectivity index is 2.39. The maximum absolute atomic E-state index is 7.38. The molecule has 3 nitrogen and oxygen atoms in total. The van der Waals surface area contributed by atoms with E-state index in [1.165, 1.54) is 12.3 Å². The molecule has 1 saturated carbocycles. The molecule has 0 aromatic rings. The molecule has 1 aliphatic carbocycles. The van der Waals surface area contributed by atoms with Crippen LogP contribution in [0.1, 0.15) is 27.7 Å². The van der Waals surface area contributed by atoms with Gasteiger partial charge in [0.05, 0.1) is 6.61 Å². The summed E-state index contributed by atoms with van der Waals surface area (Å²) in [4.78, 5) is 0. The lowest BCUT2D eigenvalue weighted by molar-refractivity contribution is 0.261. The summed E-state index contributed by atoms with van der Waals surface area (Å²) in [6.45, 7) is 9.57. The Morgan fingerprint density at radius 1 is 1.36 bits per heavy atom. The van der Waals surface area contributed by atoms with Crippen LogP contribution >= 0.6 is 0 Å². The highest BCUT2D eigenvalue weighted by molar-refractivity contribution is 5.84. The van der Waals surface area contributed by atoms with Crippen molar-refractivity contribution in [3.63, 3.8) is 0 Å². The van der Waals surface area contributed by atoms with E-state index in [9.17, 15) is 0 Å². The minimum atomic E-state index is 0.144. The molecule has 0 aromatic heterocycles. The lowest BCUT2D eigenvalue weighted by Gasteiger charge is -2.04. The van der Waals surface area contributed by atoms with Crippen LogP contribution in [0.25, 0.3) is 0 Å². The minimum absolute atomic E-state index is 0.144. The van der Waals surface area contributed by atoms with Crippen molar-refractivity contribution in [3.8, 4) is 0 Å². The number of nitrogens with two attached hydrogens (primary N) is 1. The molecule has 80 valence electrons. The molecule has 0 saturated heterocycles. The number of ether oxygens (including phenoxy) is 1. The van der Waals surface area contributed by atoms with E-state index in [1.807, 2.05) is 0 Å². The number of rotatable bonds is 3. The Morgan fingerprint density at radius 2 is 1.86 bits per heavy atom. The predicted octanol–water partition coefficient (Wildman–Crippen LogP) is 2.13. The van der Waals surface area contributed by atoms with Crippen molar-refractivity contribution >= 4 is 5.90 Å². The van der Waals surface area contributed by atoms with Crippen molar-refractivity contribution in [1.29, 1.82) is 5.41 Å². The van der Waals surface area contributed by atoms with Crippen LogP contribution in [0, 0.1) is 22.2 Å². The summed E-state index contributed by atoms with van der Waals surface area (Å²) in [7, 11) is 0. The van der Waals surface area contributed by atoms with Crippen molar-refractivity contribution in [2.75, 3.05) is 6.61 Å². The first kappa shape index (κ1) is 11.1. The molecule has 1 rings (SSSR count). The van der Waals surface area contributed by atoms with Gasteiger partial charge >= 0.3 is 0 Å². The highest BCUT2D eigenvalue weighted by atomic mass is 16.5. The lowest BCUT2D eigenvalue weighted by Crippen LogP contribution is -2.07. The van der Waals surface area contributed by atoms with Gasteiger partial charge in [0.2, 0.25) is 5.90 Å². The molecule has 3 heteroatoms. The van der Waals surface area contributed by atoms with Gasteiger partial charge in [0.25, 0.3) is 0 Å². The minimum Gasteiger partial charge on any atom is -0.478 e. The SMILES string of the molecule is CC1(C)C(COC(=N)/C=C\N)C1(C)C. The molecule has 3 N–H and O–H groups in total. The monoisotopic (exact) mass is 196 g/mol. The fourth-order valence-electron chi connectivity index (χ4n) is 2.06. The average Bonchev–Trinajstić information content (AvgIpc) is 2.41. The van der Waals surface area contributed by atoms with Crippen molar-refractivity contribution in [1.82, 2.24) is 0 Å². The second-order valence-electron chi connectivity index (χ2n) is 5.03. The van der Waals surface area contributed by atoms with Crippen molar-refractivity contribution in [2.24, 2.45) is 22.5 Å². The van der Waals surface area contributed by atoms with Gasteiger partial charge in [0.15, 0.2) is 0 Å². The lowest BCUT2D eigenvalue weighted by atomic mass is 10.0. The number of nitrogens with one attached hydrogen (secondary N) is 1. The molecular formula is C11H20N2O. The molecule has 1 aliphatic rings. The fourth-order valence-corrected chi connectivity index (χ4v) is 2.06. The van der Waals surface area contributed by atoms with E-state index in [4.69, 9.17) is 15.9 Å². The second-order valence-corrected chi connectivity index (χ2v) is 5.03. The largest absolute Gasteiger partial charge is 0.478 e. The third-order valence-electron chi connectivity index (χ3n) is 3.97.